The first kappa shape index (κ1) is 17.2. The molecule has 0 atom stereocenters. The van der Waals surface area contributed by atoms with E-state index in [1.165, 1.54) is 11.3 Å². The molecule has 1 saturated carbocycles. The third kappa shape index (κ3) is 3.02. The number of rotatable bonds is 4. The van der Waals surface area contributed by atoms with Crippen molar-refractivity contribution in [3.8, 4) is 10.8 Å². The first-order valence-electron chi connectivity index (χ1n) is 8.26. The molecule has 0 unspecified atom stereocenters. The SMILES string of the molecule is Cc1cc(NC(=O)c2ccccc2Cl)sc1-c1nc(C2(N)CCC2)no1. The fourth-order valence-corrected chi connectivity index (χ4v) is 4.09. The summed E-state index contributed by atoms with van der Waals surface area (Å²) in [5.41, 5.74) is 7.16. The fourth-order valence-electron chi connectivity index (χ4n) is 2.88. The third-order valence-corrected chi connectivity index (χ3v) is 6.05. The Labute approximate surface area is 159 Å². The molecule has 8 heteroatoms. The molecular formula is C18H17ClN4O2S. The molecule has 3 aromatic rings. The van der Waals surface area contributed by atoms with Gasteiger partial charge in [0.05, 0.1) is 26.0 Å². The summed E-state index contributed by atoms with van der Waals surface area (Å²) in [6, 6.07) is 8.80. The van der Waals surface area contributed by atoms with E-state index in [1.807, 2.05) is 13.0 Å². The van der Waals surface area contributed by atoms with Crippen LogP contribution in [0.1, 0.15) is 41.0 Å². The van der Waals surface area contributed by atoms with Crippen molar-refractivity contribution in [2.45, 2.75) is 31.7 Å². The Hall–Kier alpha value is -2.22. The van der Waals surface area contributed by atoms with E-state index in [1.54, 1.807) is 24.3 Å². The molecule has 0 saturated heterocycles. The molecule has 26 heavy (non-hydrogen) atoms. The molecule has 1 aromatic carbocycles. The first-order valence-corrected chi connectivity index (χ1v) is 9.45. The molecule has 1 amide bonds. The third-order valence-electron chi connectivity index (χ3n) is 4.58. The highest BCUT2D eigenvalue weighted by molar-refractivity contribution is 7.19. The van der Waals surface area contributed by atoms with Gasteiger partial charge >= 0.3 is 0 Å². The minimum atomic E-state index is -0.464. The zero-order valence-corrected chi connectivity index (χ0v) is 15.7. The van der Waals surface area contributed by atoms with Crippen molar-refractivity contribution in [3.05, 3.63) is 52.3 Å². The fraction of sp³-hybridized carbons (Fsp3) is 0.278. The maximum absolute atomic E-state index is 12.4. The zero-order valence-electron chi connectivity index (χ0n) is 14.1. The van der Waals surface area contributed by atoms with Gasteiger partial charge in [0, 0.05) is 0 Å². The highest BCUT2D eigenvalue weighted by Gasteiger charge is 2.39. The molecular weight excluding hydrogens is 372 g/mol. The van der Waals surface area contributed by atoms with Gasteiger partial charge in [-0.05, 0) is 49.9 Å². The highest BCUT2D eigenvalue weighted by atomic mass is 35.5. The van der Waals surface area contributed by atoms with Gasteiger partial charge in [0.15, 0.2) is 5.82 Å². The number of aromatic nitrogens is 2. The van der Waals surface area contributed by atoms with Gasteiger partial charge in [-0.3, -0.25) is 4.79 Å². The number of hydrogen-bond donors (Lipinski definition) is 2. The number of thiophene rings is 1. The van der Waals surface area contributed by atoms with E-state index in [9.17, 15) is 4.79 Å². The van der Waals surface area contributed by atoms with Crippen LogP contribution in [-0.2, 0) is 5.54 Å². The lowest BCUT2D eigenvalue weighted by atomic mass is 9.77. The minimum Gasteiger partial charge on any atom is -0.333 e. The van der Waals surface area contributed by atoms with Crippen LogP contribution in [0.2, 0.25) is 5.02 Å². The summed E-state index contributed by atoms with van der Waals surface area (Å²) >= 11 is 7.46. The largest absolute Gasteiger partial charge is 0.333 e. The predicted molar refractivity (Wildman–Crippen MR) is 101 cm³/mol. The van der Waals surface area contributed by atoms with E-state index in [0.29, 0.717) is 27.3 Å². The Kier molecular flexibility index (Phi) is 4.30. The second-order valence-corrected chi connectivity index (χ2v) is 7.95. The second-order valence-electron chi connectivity index (χ2n) is 6.49. The van der Waals surface area contributed by atoms with Crippen LogP contribution >= 0.6 is 22.9 Å². The summed E-state index contributed by atoms with van der Waals surface area (Å²) < 4.78 is 5.41. The van der Waals surface area contributed by atoms with E-state index in [-0.39, 0.29) is 5.91 Å². The number of amides is 1. The van der Waals surface area contributed by atoms with E-state index >= 15 is 0 Å². The first-order chi connectivity index (χ1) is 12.5. The van der Waals surface area contributed by atoms with Crippen LogP contribution in [0.25, 0.3) is 10.8 Å². The molecule has 1 fully saturated rings. The lowest BCUT2D eigenvalue weighted by Gasteiger charge is -2.34. The number of nitrogens with zero attached hydrogens (tertiary/aromatic N) is 2. The van der Waals surface area contributed by atoms with Crippen molar-refractivity contribution in [2.75, 3.05) is 5.32 Å². The van der Waals surface area contributed by atoms with Crippen molar-refractivity contribution in [1.82, 2.24) is 10.1 Å². The van der Waals surface area contributed by atoms with Crippen LogP contribution < -0.4 is 11.1 Å². The number of aryl methyl sites for hydroxylation is 1. The van der Waals surface area contributed by atoms with Crippen molar-refractivity contribution in [2.24, 2.45) is 5.73 Å². The van der Waals surface area contributed by atoms with Crippen LogP contribution in [0, 0.1) is 6.92 Å². The highest BCUT2D eigenvalue weighted by Crippen LogP contribution is 2.40. The average molecular weight is 389 g/mol. The van der Waals surface area contributed by atoms with Gasteiger partial charge in [-0.15, -0.1) is 11.3 Å². The van der Waals surface area contributed by atoms with Crippen molar-refractivity contribution in [3.63, 3.8) is 0 Å². The van der Waals surface area contributed by atoms with Gasteiger partial charge in [0.1, 0.15) is 0 Å². The Balaban J connectivity index is 1.56. The Morgan fingerprint density at radius 3 is 2.85 bits per heavy atom. The molecule has 6 nitrogen and oxygen atoms in total. The Morgan fingerprint density at radius 2 is 2.15 bits per heavy atom. The molecule has 0 aliphatic heterocycles. The standard InChI is InChI=1S/C18H17ClN4O2S/c1-10-9-13(21-15(24)11-5-2-3-6-12(11)19)26-14(10)16-22-17(23-25-16)18(20)7-4-8-18/h2-3,5-6,9H,4,7-8,20H2,1H3,(H,21,24). The van der Waals surface area contributed by atoms with Crippen LogP contribution in [0.5, 0.6) is 0 Å². The van der Waals surface area contributed by atoms with Crippen LogP contribution in [-0.4, -0.2) is 16.0 Å². The smallest absolute Gasteiger partial charge is 0.268 e. The number of anilines is 1. The van der Waals surface area contributed by atoms with E-state index in [0.717, 1.165) is 29.7 Å². The maximum atomic E-state index is 12.4. The Bertz CT molecular complexity index is 977. The molecule has 0 radical (unpaired) electrons. The summed E-state index contributed by atoms with van der Waals surface area (Å²) in [7, 11) is 0. The normalized spacial score (nSPS) is 15.5. The van der Waals surface area contributed by atoms with E-state index < -0.39 is 5.54 Å². The van der Waals surface area contributed by atoms with Crippen molar-refractivity contribution < 1.29 is 9.32 Å². The molecule has 4 rings (SSSR count). The predicted octanol–water partition coefficient (Wildman–Crippen LogP) is 4.35. The van der Waals surface area contributed by atoms with Gasteiger partial charge in [-0.25, -0.2) is 0 Å². The van der Waals surface area contributed by atoms with Crippen LogP contribution in [0.4, 0.5) is 5.00 Å². The number of halogens is 1. The number of benzene rings is 1. The molecule has 2 aromatic heterocycles. The number of nitrogens with one attached hydrogen (secondary N) is 1. The van der Waals surface area contributed by atoms with Crippen LogP contribution in [0.15, 0.2) is 34.9 Å². The summed E-state index contributed by atoms with van der Waals surface area (Å²) in [5, 5.41) is 8.02. The van der Waals surface area contributed by atoms with Gasteiger partial charge in [0.2, 0.25) is 0 Å². The topological polar surface area (TPSA) is 94.0 Å². The summed E-state index contributed by atoms with van der Waals surface area (Å²) in [5.74, 6) is 0.718. The molecule has 2 heterocycles. The molecule has 134 valence electrons. The minimum absolute atomic E-state index is 0.259. The van der Waals surface area contributed by atoms with Crippen molar-refractivity contribution >= 4 is 33.8 Å². The monoisotopic (exact) mass is 388 g/mol. The van der Waals surface area contributed by atoms with Gasteiger partial charge in [0.25, 0.3) is 11.8 Å². The van der Waals surface area contributed by atoms with Gasteiger partial charge < -0.3 is 15.6 Å². The summed E-state index contributed by atoms with van der Waals surface area (Å²) in [4.78, 5) is 17.7. The molecule has 3 N–H and O–H groups in total. The molecule has 0 bridgehead atoms. The zero-order chi connectivity index (χ0) is 18.3. The molecule has 1 aliphatic rings. The van der Waals surface area contributed by atoms with Crippen molar-refractivity contribution in [1.29, 1.82) is 0 Å². The van der Waals surface area contributed by atoms with Crippen LogP contribution in [0.3, 0.4) is 0 Å². The number of carbonyl (C=O) groups is 1. The van der Waals surface area contributed by atoms with E-state index in [4.69, 9.17) is 21.9 Å². The molecule has 0 spiro atoms. The quantitative estimate of drug-likeness (QED) is 0.692. The lowest BCUT2D eigenvalue weighted by Crippen LogP contribution is -2.44. The van der Waals surface area contributed by atoms with E-state index in [2.05, 4.69) is 15.5 Å². The van der Waals surface area contributed by atoms with Gasteiger partial charge in [-0.1, -0.05) is 28.9 Å². The average Bonchev–Trinajstić information content (AvgIpc) is 3.20. The molecule has 1 aliphatic carbocycles. The second kappa shape index (κ2) is 6.50. The Morgan fingerprint density at radius 1 is 1.38 bits per heavy atom. The maximum Gasteiger partial charge on any atom is 0.268 e. The number of hydrogen-bond acceptors (Lipinski definition) is 6. The van der Waals surface area contributed by atoms with Gasteiger partial charge in [-0.2, -0.15) is 4.98 Å². The summed E-state index contributed by atoms with van der Waals surface area (Å²) in [6.07, 6.45) is 2.82. The number of carbonyl (C=O) groups excluding carboxylic acids is 1. The lowest BCUT2D eigenvalue weighted by molar-refractivity contribution is 0.102. The number of nitrogens with two attached hydrogens (primary N) is 1. The summed E-state index contributed by atoms with van der Waals surface area (Å²) in [6.45, 7) is 1.93.